The van der Waals surface area contributed by atoms with Crippen LogP contribution in [0.2, 0.25) is 0 Å². The first-order valence-corrected chi connectivity index (χ1v) is 7.02. The third kappa shape index (κ3) is 2.21. The smallest absolute Gasteiger partial charge is 0.231 e. The summed E-state index contributed by atoms with van der Waals surface area (Å²) in [5, 5.41) is 3.32. The molecule has 0 spiro atoms. The number of halogens is 2. The van der Waals surface area contributed by atoms with E-state index in [0.717, 1.165) is 37.9 Å². The van der Waals surface area contributed by atoms with Crippen LogP contribution in [0.3, 0.4) is 0 Å². The van der Waals surface area contributed by atoms with Crippen LogP contribution in [0.15, 0.2) is 10.5 Å². The molecule has 3 nitrogen and oxygen atoms in total. The Morgan fingerprint density at radius 1 is 1.33 bits per heavy atom. The zero-order valence-corrected chi connectivity index (χ0v) is 11.6. The van der Waals surface area contributed by atoms with Gasteiger partial charge in [-0.3, -0.25) is 0 Å². The number of fused-ring (bicyclic) bond motifs is 1. The molecular formula is C13H15BrFNO2. The molecule has 0 aromatic heterocycles. The predicted octanol–water partition coefficient (Wildman–Crippen LogP) is 2.86. The summed E-state index contributed by atoms with van der Waals surface area (Å²) >= 11 is 3.25. The lowest BCUT2D eigenvalue weighted by Crippen LogP contribution is -2.28. The molecule has 0 saturated carbocycles. The molecule has 1 saturated heterocycles. The van der Waals surface area contributed by atoms with Crippen molar-refractivity contribution in [2.45, 2.75) is 19.3 Å². The number of ether oxygens (including phenoxy) is 2. The maximum absolute atomic E-state index is 14.2. The molecule has 0 bridgehead atoms. The Labute approximate surface area is 114 Å². The summed E-state index contributed by atoms with van der Waals surface area (Å²) in [6, 6.07) is 1.78. The largest absolute Gasteiger partial charge is 0.454 e. The normalized spacial score (nSPS) is 19.2. The van der Waals surface area contributed by atoms with Gasteiger partial charge in [-0.1, -0.05) is 0 Å². The summed E-state index contributed by atoms with van der Waals surface area (Å²) in [7, 11) is 0. The van der Waals surface area contributed by atoms with Crippen molar-refractivity contribution < 1.29 is 13.9 Å². The Hall–Kier alpha value is -0.810. The second-order valence-corrected chi connectivity index (χ2v) is 5.59. The van der Waals surface area contributed by atoms with Crippen LogP contribution in [0.1, 0.15) is 18.4 Å². The molecule has 0 atom stereocenters. The zero-order valence-electron chi connectivity index (χ0n) is 9.97. The number of nitrogens with one attached hydrogen (secondary N) is 1. The Balaban J connectivity index is 1.85. The highest BCUT2D eigenvalue weighted by Gasteiger charge is 2.24. The van der Waals surface area contributed by atoms with E-state index in [4.69, 9.17) is 9.47 Å². The number of hydrogen-bond donors (Lipinski definition) is 1. The standard InChI is InChI=1S/C13H15BrFNO2/c14-11-12(15)9(5-8-1-3-16-4-2-8)6-10-13(11)18-7-17-10/h6,8,16H,1-5,7H2. The van der Waals surface area contributed by atoms with Crippen LogP contribution in [0.5, 0.6) is 11.5 Å². The van der Waals surface area contributed by atoms with Gasteiger partial charge in [-0.15, -0.1) is 0 Å². The minimum Gasteiger partial charge on any atom is -0.454 e. The average Bonchev–Trinajstić information content (AvgIpc) is 2.85. The molecular weight excluding hydrogens is 301 g/mol. The van der Waals surface area contributed by atoms with Crippen LogP contribution < -0.4 is 14.8 Å². The lowest BCUT2D eigenvalue weighted by Gasteiger charge is -2.23. The molecule has 1 aromatic rings. The van der Waals surface area contributed by atoms with Crippen molar-refractivity contribution in [1.29, 1.82) is 0 Å². The van der Waals surface area contributed by atoms with Crippen molar-refractivity contribution in [3.63, 3.8) is 0 Å². The minimum absolute atomic E-state index is 0.171. The summed E-state index contributed by atoms with van der Waals surface area (Å²) in [5.74, 6) is 1.47. The molecule has 18 heavy (non-hydrogen) atoms. The molecule has 0 aliphatic carbocycles. The van der Waals surface area contributed by atoms with E-state index in [0.29, 0.717) is 21.9 Å². The fraction of sp³-hybridized carbons (Fsp3) is 0.538. The third-order valence-electron chi connectivity index (χ3n) is 3.59. The summed E-state index contributed by atoms with van der Waals surface area (Å²) in [6.07, 6.45) is 2.97. The second kappa shape index (κ2) is 5.05. The van der Waals surface area contributed by atoms with E-state index in [9.17, 15) is 4.39 Å². The van der Waals surface area contributed by atoms with Crippen LogP contribution in [-0.4, -0.2) is 19.9 Å². The molecule has 3 rings (SSSR count). The van der Waals surface area contributed by atoms with Gasteiger partial charge in [0, 0.05) is 0 Å². The van der Waals surface area contributed by atoms with E-state index in [1.165, 1.54) is 0 Å². The van der Waals surface area contributed by atoms with Gasteiger partial charge in [0.1, 0.15) is 5.82 Å². The molecule has 98 valence electrons. The molecule has 0 amide bonds. The van der Waals surface area contributed by atoms with Crippen LogP contribution in [-0.2, 0) is 6.42 Å². The first-order chi connectivity index (χ1) is 8.75. The lowest BCUT2D eigenvalue weighted by atomic mass is 9.90. The van der Waals surface area contributed by atoms with Crippen molar-refractivity contribution in [2.24, 2.45) is 5.92 Å². The van der Waals surface area contributed by atoms with E-state index in [1.807, 2.05) is 0 Å². The minimum atomic E-state index is -0.210. The van der Waals surface area contributed by atoms with Crippen molar-refractivity contribution in [3.05, 3.63) is 21.9 Å². The SMILES string of the molecule is Fc1c(CC2CCNCC2)cc2c(c1Br)OCO2. The van der Waals surface area contributed by atoms with Gasteiger partial charge in [-0.25, -0.2) is 4.39 Å². The monoisotopic (exact) mass is 315 g/mol. The average molecular weight is 316 g/mol. The third-order valence-corrected chi connectivity index (χ3v) is 4.30. The van der Waals surface area contributed by atoms with Gasteiger partial charge in [0.25, 0.3) is 0 Å². The first kappa shape index (κ1) is 12.2. The van der Waals surface area contributed by atoms with Gasteiger partial charge in [0.05, 0.1) is 4.47 Å². The highest BCUT2D eigenvalue weighted by molar-refractivity contribution is 9.10. The summed E-state index contributed by atoms with van der Waals surface area (Å²) in [5.41, 5.74) is 0.720. The highest BCUT2D eigenvalue weighted by atomic mass is 79.9. The van der Waals surface area contributed by atoms with Gasteiger partial charge in [0.15, 0.2) is 11.5 Å². The van der Waals surface area contributed by atoms with Gasteiger partial charge in [-0.2, -0.15) is 0 Å². The second-order valence-electron chi connectivity index (χ2n) is 4.79. The van der Waals surface area contributed by atoms with Gasteiger partial charge in [-0.05, 0) is 65.8 Å². The Bertz CT molecular complexity index is 461. The number of piperidine rings is 1. The fourth-order valence-corrected chi connectivity index (χ4v) is 3.14. The molecule has 2 aliphatic rings. The molecule has 5 heteroatoms. The molecule has 0 radical (unpaired) electrons. The quantitative estimate of drug-likeness (QED) is 0.910. The van der Waals surface area contributed by atoms with Crippen LogP contribution in [0.25, 0.3) is 0 Å². The summed E-state index contributed by atoms with van der Waals surface area (Å²) < 4.78 is 25.2. The number of rotatable bonds is 2. The molecule has 0 unspecified atom stereocenters. The number of hydrogen-bond acceptors (Lipinski definition) is 3. The van der Waals surface area contributed by atoms with E-state index in [-0.39, 0.29) is 12.6 Å². The summed E-state index contributed by atoms with van der Waals surface area (Å²) in [6.45, 7) is 2.22. The predicted molar refractivity (Wildman–Crippen MR) is 69.5 cm³/mol. The van der Waals surface area contributed by atoms with Crippen LogP contribution in [0, 0.1) is 11.7 Å². The topological polar surface area (TPSA) is 30.5 Å². The lowest BCUT2D eigenvalue weighted by molar-refractivity contribution is 0.173. The Morgan fingerprint density at radius 3 is 2.89 bits per heavy atom. The van der Waals surface area contributed by atoms with E-state index < -0.39 is 0 Å². The maximum Gasteiger partial charge on any atom is 0.231 e. The molecule has 2 heterocycles. The maximum atomic E-state index is 14.2. The zero-order chi connectivity index (χ0) is 12.5. The molecule has 2 aliphatic heterocycles. The van der Waals surface area contributed by atoms with E-state index in [1.54, 1.807) is 6.07 Å². The summed E-state index contributed by atoms with van der Waals surface area (Å²) in [4.78, 5) is 0. The van der Waals surface area contributed by atoms with Crippen molar-refractivity contribution in [1.82, 2.24) is 5.32 Å². The van der Waals surface area contributed by atoms with Gasteiger partial charge >= 0.3 is 0 Å². The number of benzene rings is 1. The van der Waals surface area contributed by atoms with Crippen molar-refractivity contribution >= 4 is 15.9 Å². The molecule has 1 aromatic carbocycles. The van der Waals surface area contributed by atoms with Crippen LogP contribution in [0.4, 0.5) is 4.39 Å². The fourth-order valence-electron chi connectivity index (χ4n) is 2.57. The molecule has 1 N–H and O–H groups in total. The van der Waals surface area contributed by atoms with Gasteiger partial charge < -0.3 is 14.8 Å². The van der Waals surface area contributed by atoms with Crippen LogP contribution >= 0.6 is 15.9 Å². The Morgan fingerprint density at radius 2 is 2.11 bits per heavy atom. The van der Waals surface area contributed by atoms with Crippen molar-refractivity contribution in [3.8, 4) is 11.5 Å². The van der Waals surface area contributed by atoms with E-state index >= 15 is 0 Å². The first-order valence-electron chi connectivity index (χ1n) is 6.23. The van der Waals surface area contributed by atoms with Crippen molar-refractivity contribution in [2.75, 3.05) is 19.9 Å². The van der Waals surface area contributed by atoms with E-state index in [2.05, 4.69) is 21.2 Å². The highest BCUT2D eigenvalue weighted by Crippen LogP contribution is 2.42. The molecule has 1 fully saturated rings. The Kier molecular flexibility index (Phi) is 3.43. The van der Waals surface area contributed by atoms with Gasteiger partial charge in [0.2, 0.25) is 6.79 Å².